The summed E-state index contributed by atoms with van der Waals surface area (Å²) in [5, 5.41) is 2.98. The summed E-state index contributed by atoms with van der Waals surface area (Å²) in [7, 11) is 0. The standard InChI is InChI=1S/C10H10BrNO/c1-8-2-4-10(5-3-8)12-6-9(11)7-13/h2-7,12H,1H3/b9-6-. The summed E-state index contributed by atoms with van der Waals surface area (Å²) >= 11 is 3.08. The quantitative estimate of drug-likeness (QED) is 0.650. The Morgan fingerprint density at radius 3 is 2.54 bits per heavy atom. The van der Waals surface area contributed by atoms with E-state index in [0.717, 1.165) is 12.0 Å². The number of benzene rings is 1. The van der Waals surface area contributed by atoms with Crippen LogP contribution in [0.4, 0.5) is 5.69 Å². The van der Waals surface area contributed by atoms with E-state index in [-0.39, 0.29) is 0 Å². The lowest BCUT2D eigenvalue weighted by atomic mass is 10.2. The summed E-state index contributed by atoms with van der Waals surface area (Å²) in [5.41, 5.74) is 2.17. The van der Waals surface area contributed by atoms with Gasteiger partial charge in [-0.1, -0.05) is 17.7 Å². The van der Waals surface area contributed by atoms with E-state index in [2.05, 4.69) is 21.2 Å². The van der Waals surface area contributed by atoms with Gasteiger partial charge in [0.15, 0.2) is 6.29 Å². The Balaban J connectivity index is 2.65. The number of hydrogen-bond donors (Lipinski definition) is 1. The molecule has 0 atom stereocenters. The molecule has 0 radical (unpaired) electrons. The highest BCUT2D eigenvalue weighted by Gasteiger charge is 1.89. The lowest BCUT2D eigenvalue weighted by Gasteiger charge is -2.00. The van der Waals surface area contributed by atoms with Gasteiger partial charge in [-0.3, -0.25) is 4.79 Å². The number of aryl methyl sites for hydroxylation is 1. The van der Waals surface area contributed by atoms with Crippen LogP contribution < -0.4 is 5.32 Å². The number of rotatable bonds is 3. The lowest BCUT2D eigenvalue weighted by molar-refractivity contribution is -0.104. The molecule has 68 valence electrons. The summed E-state index contributed by atoms with van der Waals surface area (Å²) in [6.45, 7) is 2.03. The van der Waals surface area contributed by atoms with Gasteiger partial charge in [0.25, 0.3) is 0 Å². The Morgan fingerprint density at radius 1 is 1.38 bits per heavy atom. The highest BCUT2D eigenvalue weighted by Crippen LogP contribution is 2.09. The Kier molecular flexibility index (Phi) is 3.71. The minimum absolute atomic E-state index is 0.494. The van der Waals surface area contributed by atoms with E-state index < -0.39 is 0 Å². The molecule has 0 aliphatic carbocycles. The first kappa shape index (κ1) is 9.99. The number of carbonyl (C=O) groups excluding carboxylic acids is 1. The molecule has 0 fully saturated rings. The third-order valence-corrected chi connectivity index (χ3v) is 1.96. The molecule has 13 heavy (non-hydrogen) atoms. The first-order valence-corrected chi connectivity index (χ1v) is 4.66. The van der Waals surface area contributed by atoms with Gasteiger partial charge in [-0.25, -0.2) is 0 Å². The van der Waals surface area contributed by atoms with Crippen LogP contribution in [0, 0.1) is 6.92 Å². The van der Waals surface area contributed by atoms with Crippen molar-refractivity contribution in [1.29, 1.82) is 0 Å². The molecule has 0 aliphatic heterocycles. The topological polar surface area (TPSA) is 29.1 Å². The molecule has 0 saturated heterocycles. The Labute approximate surface area is 85.8 Å². The van der Waals surface area contributed by atoms with Gasteiger partial charge in [0, 0.05) is 11.9 Å². The minimum Gasteiger partial charge on any atom is -0.360 e. The van der Waals surface area contributed by atoms with Crippen molar-refractivity contribution in [2.24, 2.45) is 0 Å². The Bertz CT molecular complexity index is 316. The summed E-state index contributed by atoms with van der Waals surface area (Å²) in [4.78, 5) is 10.2. The van der Waals surface area contributed by atoms with E-state index in [9.17, 15) is 4.79 Å². The smallest absolute Gasteiger partial charge is 0.158 e. The zero-order chi connectivity index (χ0) is 9.68. The van der Waals surface area contributed by atoms with E-state index in [1.54, 1.807) is 6.20 Å². The molecule has 0 bridgehead atoms. The van der Waals surface area contributed by atoms with Gasteiger partial charge in [-0.15, -0.1) is 0 Å². The molecular weight excluding hydrogens is 230 g/mol. The normalized spacial score (nSPS) is 11.1. The lowest BCUT2D eigenvalue weighted by Crippen LogP contribution is -1.88. The zero-order valence-electron chi connectivity index (χ0n) is 7.25. The van der Waals surface area contributed by atoms with Crippen molar-refractivity contribution in [3.05, 3.63) is 40.5 Å². The van der Waals surface area contributed by atoms with Crippen LogP contribution in [0.1, 0.15) is 5.56 Å². The molecule has 0 heterocycles. The van der Waals surface area contributed by atoms with Gasteiger partial charge >= 0.3 is 0 Å². The van der Waals surface area contributed by atoms with Gasteiger partial charge in [-0.05, 0) is 35.0 Å². The average Bonchev–Trinajstić information content (AvgIpc) is 2.16. The number of nitrogens with one attached hydrogen (secondary N) is 1. The van der Waals surface area contributed by atoms with Crippen LogP contribution in [0.25, 0.3) is 0 Å². The van der Waals surface area contributed by atoms with Crippen LogP contribution in [0.3, 0.4) is 0 Å². The molecule has 3 heteroatoms. The minimum atomic E-state index is 0.494. The van der Waals surface area contributed by atoms with Crippen molar-refractivity contribution in [1.82, 2.24) is 0 Å². The van der Waals surface area contributed by atoms with E-state index >= 15 is 0 Å². The number of halogens is 1. The van der Waals surface area contributed by atoms with Gasteiger partial charge in [0.05, 0.1) is 4.48 Å². The highest BCUT2D eigenvalue weighted by molar-refractivity contribution is 9.12. The average molecular weight is 240 g/mol. The van der Waals surface area contributed by atoms with E-state index in [1.165, 1.54) is 5.56 Å². The van der Waals surface area contributed by atoms with Crippen molar-refractivity contribution in [3.63, 3.8) is 0 Å². The molecule has 0 saturated carbocycles. The van der Waals surface area contributed by atoms with Crippen molar-refractivity contribution < 1.29 is 4.79 Å². The van der Waals surface area contributed by atoms with Crippen LogP contribution in [0.2, 0.25) is 0 Å². The highest BCUT2D eigenvalue weighted by atomic mass is 79.9. The van der Waals surface area contributed by atoms with Crippen molar-refractivity contribution in [2.45, 2.75) is 6.92 Å². The molecule has 0 aliphatic rings. The molecular formula is C10H10BrNO. The van der Waals surface area contributed by atoms with E-state index in [4.69, 9.17) is 0 Å². The van der Waals surface area contributed by atoms with Crippen molar-refractivity contribution in [2.75, 3.05) is 5.32 Å². The second-order valence-corrected chi connectivity index (χ2v) is 3.57. The molecule has 0 spiro atoms. The molecule has 1 aromatic rings. The number of anilines is 1. The van der Waals surface area contributed by atoms with Crippen LogP contribution in [0.15, 0.2) is 34.9 Å². The van der Waals surface area contributed by atoms with Crippen molar-refractivity contribution >= 4 is 27.9 Å². The number of carbonyl (C=O) groups is 1. The molecule has 0 amide bonds. The predicted molar refractivity (Wildman–Crippen MR) is 57.9 cm³/mol. The summed E-state index contributed by atoms with van der Waals surface area (Å²) < 4.78 is 0.494. The maximum atomic E-state index is 10.2. The molecule has 1 rings (SSSR count). The predicted octanol–water partition coefficient (Wildman–Crippen LogP) is 2.84. The summed E-state index contributed by atoms with van der Waals surface area (Å²) in [5.74, 6) is 0. The van der Waals surface area contributed by atoms with Crippen molar-refractivity contribution in [3.8, 4) is 0 Å². The van der Waals surface area contributed by atoms with Gasteiger partial charge < -0.3 is 5.32 Å². The molecule has 0 unspecified atom stereocenters. The maximum absolute atomic E-state index is 10.2. The molecule has 1 aromatic carbocycles. The van der Waals surface area contributed by atoms with E-state index in [0.29, 0.717) is 4.48 Å². The fourth-order valence-corrected chi connectivity index (χ4v) is 0.951. The Morgan fingerprint density at radius 2 is 2.00 bits per heavy atom. The molecule has 0 aromatic heterocycles. The van der Waals surface area contributed by atoms with Crippen LogP contribution in [-0.4, -0.2) is 6.29 Å². The second kappa shape index (κ2) is 4.82. The van der Waals surface area contributed by atoms with Gasteiger partial charge in [0.1, 0.15) is 0 Å². The second-order valence-electron chi connectivity index (χ2n) is 2.66. The SMILES string of the molecule is Cc1ccc(N/C=C(\Br)C=O)cc1. The first-order valence-electron chi connectivity index (χ1n) is 3.86. The summed E-state index contributed by atoms with van der Waals surface area (Å²) in [6.07, 6.45) is 2.35. The van der Waals surface area contributed by atoms with E-state index in [1.807, 2.05) is 31.2 Å². The van der Waals surface area contributed by atoms with Gasteiger partial charge in [0.2, 0.25) is 0 Å². The third-order valence-electron chi connectivity index (χ3n) is 1.54. The van der Waals surface area contributed by atoms with Crippen LogP contribution in [0.5, 0.6) is 0 Å². The Hall–Kier alpha value is -1.09. The summed E-state index contributed by atoms with van der Waals surface area (Å²) in [6, 6.07) is 7.92. The number of aldehydes is 1. The largest absolute Gasteiger partial charge is 0.360 e. The number of allylic oxidation sites excluding steroid dienone is 1. The first-order chi connectivity index (χ1) is 6.22. The zero-order valence-corrected chi connectivity index (χ0v) is 8.84. The van der Waals surface area contributed by atoms with Gasteiger partial charge in [-0.2, -0.15) is 0 Å². The fourth-order valence-electron chi connectivity index (χ4n) is 0.836. The molecule has 1 N–H and O–H groups in total. The third kappa shape index (κ3) is 3.42. The van der Waals surface area contributed by atoms with Crippen LogP contribution in [-0.2, 0) is 4.79 Å². The molecule has 2 nitrogen and oxygen atoms in total. The maximum Gasteiger partial charge on any atom is 0.158 e. The van der Waals surface area contributed by atoms with Crippen LogP contribution >= 0.6 is 15.9 Å². The monoisotopic (exact) mass is 239 g/mol. The fraction of sp³-hybridized carbons (Fsp3) is 0.100. The number of hydrogen-bond acceptors (Lipinski definition) is 2.